The van der Waals surface area contributed by atoms with Crippen molar-refractivity contribution in [3.8, 4) is 22.5 Å². The molecule has 26 heavy (non-hydrogen) atoms. The molecule has 0 aliphatic carbocycles. The summed E-state index contributed by atoms with van der Waals surface area (Å²) in [5, 5.41) is 10.3. The summed E-state index contributed by atoms with van der Waals surface area (Å²) in [5.74, 6) is 0.304. The normalized spacial score (nSPS) is 10.2. The maximum absolute atomic E-state index is 5.71. The first-order valence-electron chi connectivity index (χ1n) is 7.99. The number of aromatic nitrogens is 3. The molecule has 0 saturated carbocycles. The van der Waals surface area contributed by atoms with Crippen molar-refractivity contribution >= 4 is 23.3 Å². The van der Waals surface area contributed by atoms with Gasteiger partial charge in [-0.15, -0.1) is 16.8 Å². The number of hydrogen-bond donors (Lipinski definition) is 2. The minimum absolute atomic E-state index is 0.168. The molecule has 7 heteroatoms. The van der Waals surface area contributed by atoms with E-state index in [1.165, 1.54) is 5.01 Å². The Balaban J connectivity index is 2.05. The monoisotopic (exact) mass is 362 g/mol. The van der Waals surface area contributed by atoms with Crippen LogP contribution < -0.4 is 11.2 Å². The van der Waals surface area contributed by atoms with E-state index in [1.54, 1.807) is 6.08 Å². The predicted octanol–water partition coefficient (Wildman–Crippen LogP) is 3.26. The van der Waals surface area contributed by atoms with E-state index in [1.807, 2.05) is 60.7 Å². The van der Waals surface area contributed by atoms with Gasteiger partial charge in [0, 0.05) is 11.1 Å². The fraction of sp³-hybridized carbons (Fsp3) is 0.0526. The van der Waals surface area contributed by atoms with E-state index < -0.39 is 0 Å². The number of nitrogens with two attached hydrogens (primary N) is 1. The molecule has 1 heterocycles. The highest BCUT2D eigenvalue weighted by molar-refractivity contribution is 7.80. The number of nitrogens with one attached hydrogen (secondary N) is 1. The Morgan fingerprint density at radius 2 is 1.58 bits per heavy atom. The fourth-order valence-corrected chi connectivity index (χ4v) is 2.52. The van der Waals surface area contributed by atoms with Gasteiger partial charge in [-0.1, -0.05) is 66.7 Å². The second-order valence-electron chi connectivity index (χ2n) is 5.41. The minimum Gasteiger partial charge on any atom is -0.375 e. The van der Waals surface area contributed by atoms with Crippen LogP contribution in [0.25, 0.3) is 22.5 Å². The average Bonchev–Trinajstić information content (AvgIpc) is 2.69. The van der Waals surface area contributed by atoms with Crippen LogP contribution in [0.1, 0.15) is 0 Å². The summed E-state index contributed by atoms with van der Waals surface area (Å²) in [4.78, 5) is 4.65. The lowest BCUT2D eigenvalue weighted by Crippen LogP contribution is -2.40. The molecule has 130 valence electrons. The third-order valence-electron chi connectivity index (χ3n) is 3.59. The van der Waals surface area contributed by atoms with Gasteiger partial charge in [0.15, 0.2) is 5.11 Å². The van der Waals surface area contributed by atoms with Gasteiger partial charge in [-0.25, -0.2) is 4.98 Å². The Morgan fingerprint density at radius 3 is 2.12 bits per heavy atom. The lowest BCUT2D eigenvalue weighted by molar-refractivity contribution is 0.548. The van der Waals surface area contributed by atoms with Crippen molar-refractivity contribution in [1.29, 1.82) is 0 Å². The van der Waals surface area contributed by atoms with Gasteiger partial charge in [-0.3, -0.25) is 10.4 Å². The van der Waals surface area contributed by atoms with E-state index in [4.69, 9.17) is 18.0 Å². The zero-order chi connectivity index (χ0) is 18.4. The number of benzene rings is 2. The van der Waals surface area contributed by atoms with Crippen molar-refractivity contribution in [3.05, 3.63) is 73.3 Å². The highest BCUT2D eigenvalue weighted by Gasteiger charge is 2.15. The van der Waals surface area contributed by atoms with E-state index in [2.05, 4.69) is 27.2 Å². The van der Waals surface area contributed by atoms with Gasteiger partial charge in [0.05, 0.1) is 6.54 Å². The topological polar surface area (TPSA) is 80.0 Å². The molecule has 0 unspecified atom stereocenters. The first-order valence-corrected chi connectivity index (χ1v) is 8.40. The molecule has 3 aromatic rings. The van der Waals surface area contributed by atoms with Gasteiger partial charge in [-0.05, 0) is 12.2 Å². The zero-order valence-electron chi connectivity index (χ0n) is 14.0. The summed E-state index contributed by atoms with van der Waals surface area (Å²) >= 11 is 5.03. The third-order valence-corrected chi connectivity index (χ3v) is 3.81. The van der Waals surface area contributed by atoms with Crippen LogP contribution in [0.4, 0.5) is 5.95 Å². The Labute approximate surface area is 157 Å². The second kappa shape index (κ2) is 8.17. The highest BCUT2D eigenvalue weighted by Crippen LogP contribution is 2.28. The van der Waals surface area contributed by atoms with Gasteiger partial charge in [0.1, 0.15) is 11.4 Å². The summed E-state index contributed by atoms with van der Waals surface area (Å²) in [6.07, 6.45) is 1.68. The molecule has 0 spiro atoms. The summed E-state index contributed by atoms with van der Waals surface area (Å²) in [7, 11) is 0. The molecule has 2 aromatic carbocycles. The van der Waals surface area contributed by atoms with Gasteiger partial charge < -0.3 is 5.73 Å². The lowest BCUT2D eigenvalue weighted by atomic mass is 10.0. The van der Waals surface area contributed by atoms with Crippen LogP contribution in [0.15, 0.2) is 73.3 Å². The van der Waals surface area contributed by atoms with Crippen LogP contribution in [-0.4, -0.2) is 31.8 Å². The van der Waals surface area contributed by atoms with Crippen molar-refractivity contribution in [2.45, 2.75) is 0 Å². The number of thiocarbonyl (C=S) groups is 1. The molecule has 3 rings (SSSR count). The first kappa shape index (κ1) is 17.5. The van der Waals surface area contributed by atoms with E-state index >= 15 is 0 Å². The van der Waals surface area contributed by atoms with Gasteiger partial charge in [0.25, 0.3) is 5.95 Å². The Morgan fingerprint density at radius 1 is 1.00 bits per heavy atom. The number of hydrazine groups is 1. The van der Waals surface area contributed by atoms with E-state index in [9.17, 15) is 0 Å². The molecule has 0 fully saturated rings. The molecular weight excluding hydrogens is 344 g/mol. The smallest absolute Gasteiger partial charge is 0.262 e. The zero-order valence-corrected chi connectivity index (χ0v) is 14.9. The Bertz CT molecular complexity index is 898. The van der Waals surface area contributed by atoms with Crippen molar-refractivity contribution < 1.29 is 0 Å². The summed E-state index contributed by atoms with van der Waals surface area (Å²) < 4.78 is 0. The lowest BCUT2D eigenvalue weighted by Gasteiger charge is -2.21. The van der Waals surface area contributed by atoms with Gasteiger partial charge in [0.2, 0.25) is 0 Å². The molecule has 3 N–H and O–H groups in total. The summed E-state index contributed by atoms with van der Waals surface area (Å²) in [6, 6.07) is 19.7. The Kier molecular flexibility index (Phi) is 5.50. The molecule has 0 atom stereocenters. The van der Waals surface area contributed by atoms with Crippen molar-refractivity contribution in [3.63, 3.8) is 0 Å². The Hall–Kier alpha value is -3.32. The molecule has 1 aromatic heterocycles. The number of rotatable bonds is 6. The van der Waals surface area contributed by atoms with Crippen molar-refractivity contribution in [1.82, 2.24) is 20.2 Å². The van der Waals surface area contributed by atoms with Crippen LogP contribution in [-0.2, 0) is 0 Å². The molecule has 0 saturated heterocycles. The minimum atomic E-state index is 0.168. The van der Waals surface area contributed by atoms with Crippen LogP contribution in [0, 0.1) is 0 Å². The summed E-state index contributed by atoms with van der Waals surface area (Å²) in [5.41, 5.74) is 12.0. The molecule has 0 amide bonds. The number of nitrogens with zero attached hydrogens (tertiary/aromatic N) is 4. The second-order valence-corrected chi connectivity index (χ2v) is 5.83. The van der Waals surface area contributed by atoms with Gasteiger partial charge in [-0.2, -0.15) is 0 Å². The number of hydrogen-bond acceptors (Lipinski definition) is 5. The fourth-order valence-electron chi connectivity index (χ4n) is 2.40. The quantitative estimate of drug-likeness (QED) is 0.396. The molecule has 6 nitrogen and oxygen atoms in total. The largest absolute Gasteiger partial charge is 0.375 e. The highest BCUT2D eigenvalue weighted by atomic mass is 32.1. The van der Waals surface area contributed by atoms with Crippen molar-refractivity contribution in [2.24, 2.45) is 5.73 Å². The molecule has 0 aliphatic rings. The first-order chi connectivity index (χ1) is 12.7. The average molecular weight is 362 g/mol. The van der Waals surface area contributed by atoms with Crippen LogP contribution in [0.3, 0.4) is 0 Å². The predicted molar refractivity (Wildman–Crippen MR) is 108 cm³/mol. The van der Waals surface area contributed by atoms with E-state index in [-0.39, 0.29) is 5.11 Å². The van der Waals surface area contributed by atoms with Crippen LogP contribution in [0.2, 0.25) is 0 Å². The van der Waals surface area contributed by atoms with Crippen LogP contribution in [0.5, 0.6) is 0 Å². The third kappa shape index (κ3) is 4.01. The van der Waals surface area contributed by atoms with Crippen molar-refractivity contribution in [2.75, 3.05) is 12.0 Å². The maximum atomic E-state index is 5.71. The number of anilines is 1. The SMILES string of the molecule is C=CCN(Nc1nnc(-c2ccccc2)c(-c2ccccc2)n1)C(N)=S. The van der Waals surface area contributed by atoms with E-state index in [0.717, 1.165) is 16.8 Å². The molecular formula is C19H18N6S. The standard InChI is InChI=1S/C19H18N6S/c1-2-13-25(18(20)26)24-19-21-16(14-9-5-3-6-10-14)17(22-23-19)15-11-7-4-8-12-15/h2-12H,1,13H2,(H2,20,26)(H,21,23,24). The molecule has 0 radical (unpaired) electrons. The molecule has 0 bridgehead atoms. The molecule has 0 aliphatic heterocycles. The van der Waals surface area contributed by atoms with Gasteiger partial charge >= 0.3 is 0 Å². The van der Waals surface area contributed by atoms with Crippen LogP contribution >= 0.6 is 12.2 Å². The summed E-state index contributed by atoms with van der Waals surface area (Å²) in [6.45, 7) is 4.11. The maximum Gasteiger partial charge on any atom is 0.262 e. The van der Waals surface area contributed by atoms with E-state index in [0.29, 0.717) is 18.2 Å².